The number of halogens is 1. The zero-order valence-electron chi connectivity index (χ0n) is 15.5. The zero-order valence-corrected chi connectivity index (χ0v) is 17.9. The highest BCUT2D eigenvalue weighted by Crippen LogP contribution is 2.46. The molecular weight excluding hydrogens is 427 g/mol. The van der Waals surface area contributed by atoms with Gasteiger partial charge in [0.2, 0.25) is 0 Å². The molecule has 0 amide bonds. The molecule has 1 aromatic carbocycles. The van der Waals surface area contributed by atoms with Crippen molar-refractivity contribution in [3.63, 3.8) is 0 Å². The van der Waals surface area contributed by atoms with Crippen molar-refractivity contribution in [2.24, 2.45) is 10.4 Å². The van der Waals surface area contributed by atoms with Gasteiger partial charge in [0.15, 0.2) is 5.96 Å². The lowest BCUT2D eigenvalue weighted by Gasteiger charge is -2.62. The molecule has 0 aliphatic carbocycles. The number of nitrogens with zero attached hydrogens (tertiary/aromatic N) is 5. The van der Waals surface area contributed by atoms with Gasteiger partial charge >= 0.3 is 0 Å². The van der Waals surface area contributed by atoms with E-state index in [1.807, 2.05) is 19.2 Å². The molecule has 2 heterocycles. The van der Waals surface area contributed by atoms with Crippen LogP contribution >= 0.6 is 24.0 Å². The molecule has 25 heavy (non-hydrogen) atoms. The molecule has 0 radical (unpaired) electrons. The Balaban J connectivity index is 0.00000225. The van der Waals surface area contributed by atoms with Gasteiger partial charge in [-0.15, -0.1) is 24.0 Å². The van der Waals surface area contributed by atoms with Crippen molar-refractivity contribution in [3.8, 4) is 5.69 Å². The first-order valence-corrected chi connectivity index (χ1v) is 8.27. The summed E-state index contributed by atoms with van der Waals surface area (Å²) in [4.78, 5) is 10.8. The first-order chi connectivity index (χ1) is 11.3. The maximum Gasteiger partial charge on any atom is 0.194 e. The lowest BCUT2D eigenvalue weighted by Crippen LogP contribution is -2.72. The Bertz CT molecular complexity index is 719. The smallest absolute Gasteiger partial charge is 0.194 e. The van der Waals surface area contributed by atoms with E-state index in [0.29, 0.717) is 5.41 Å². The summed E-state index contributed by atoms with van der Waals surface area (Å²) in [6.45, 7) is 10.9. The second-order valence-electron chi connectivity index (χ2n) is 7.44. The van der Waals surface area contributed by atoms with Crippen LogP contribution in [-0.4, -0.2) is 44.8 Å². The number of nitrogens with one attached hydrogen (secondary N) is 1. The molecule has 1 aliphatic heterocycles. The number of aliphatic imine (C=N–C) groups is 1. The maximum absolute atomic E-state index is 4.45. The van der Waals surface area contributed by atoms with Crippen LogP contribution in [0.3, 0.4) is 0 Å². The van der Waals surface area contributed by atoms with Crippen molar-refractivity contribution in [1.29, 1.82) is 0 Å². The van der Waals surface area contributed by atoms with E-state index in [1.54, 1.807) is 11.0 Å². The molecule has 2 aromatic rings. The fraction of sp³-hybridized carbons (Fsp3) is 0.500. The molecule has 1 fully saturated rings. The Morgan fingerprint density at radius 3 is 2.36 bits per heavy atom. The van der Waals surface area contributed by atoms with Crippen LogP contribution in [0.25, 0.3) is 5.69 Å². The molecule has 3 rings (SSSR count). The topological polar surface area (TPSA) is 58.3 Å². The van der Waals surface area contributed by atoms with Gasteiger partial charge in [-0.3, -0.25) is 4.99 Å². The monoisotopic (exact) mass is 454 g/mol. The quantitative estimate of drug-likeness (QED) is 0.440. The number of aromatic nitrogens is 3. The van der Waals surface area contributed by atoms with E-state index in [1.165, 1.54) is 11.9 Å². The van der Waals surface area contributed by atoms with Crippen LogP contribution in [0.1, 0.15) is 33.3 Å². The summed E-state index contributed by atoms with van der Waals surface area (Å²) < 4.78 is 1.75. The normalized spacial score (nSPS) is 18.3. The number of benzene rings is 1. The minimum atomic E-state index is 0. The summed E-state index contributed by atoms with van der Waals surface area (Å²) in [6, 6.07) is 8.29. The summed E-state index contributed by atoms with van der Waals surface area (Å²) in [7, 11) is 1.84. The minimum absolute atomic E-state index is 0. The fourth-order valence-electron chi connectivity index (χ4n) is 2.98. The van der Waals surface area contributed by atoms with Gasteiger partial charge in [-0.1, -0.05) is 26.0 Å². The third-order valence-corrected chi connectivity index (χ3v) is 5.42. The third-order valence-electron chi connectivity index (χ3n) is 5.42. The number of hydrogen-bond acceptors (Lipinski definition) is 3. The lowest BCUT2D eigenvalue weighted by atomic mass is 9.65. The molecular formula is C18H27IN6. The van der Waals surface area contributed by atoms with Gasteiger partial charge in [0.25, 0.3) is 0 Å². The SMILES string of the molecule is CN=C(NCc1ccc(-n2cncn2)cc1)N1CC(C)(C)C1(C)C.I. The van der Waals surface area contributed by atoms with Crippen LogP contribution in [0.15, 0.2) is 41.9 Å². The Kier molecular flexibility index (Phi) is 5.75. The van der Waals surface area contributed by atoms with E-state index in [-0.39, 0.29) is 29.5 Å². The molecule has 1 aromatic heterocycles. The molecule has 1 N–H and O–H groups in total. The van der Waals surface area contributed by atoms with Crippen molar-refractivity contribution in [1.82, 2.24) is 25.0 Å². The summed E-state index contributed by atoms with van der Waals surface area (Å²) in [5, 5.41) is 7.62. The summed E-state index contributed by atoms with van der Waals surface area (Å²) in [5.74, 6) is 0.958. The number of guanidine groups is 1. The van der Waals surface area contributed by atoms with Crippen LogP contribution in [0.5, 0.6) is 0 Å². The molecule has 6 nitrogen and oxygen atoms in total. The van der Waals surface area contributed by atoms with E-state index in [0.717, 1.165) is 24.7 Å². The summed E-state index contributed by atoms with van der Waals surface area (Å²) >= 11 is 0. The Labute approximate surface area is 166 Å². The van der Waals surface area contributed by atoms with Crippen LogP contribution in [0.4, 0.5) is 0 Å². The summed E-state index contributed by atoms with van der Waals surface area (Å²) in [6.07, 6.45) is 3.23. The Morgan fingerprint density at radius 1 is 1.20 bits per heavy atom. The molecule has 7 heteroatoms. The van der Waals surface area contributed by atoms with Crippen molar-refractivity contribution in [3.05, 3.63) is 42.5 Å². The first kappa shape index (κ1) is 19.7. The lowest BCUT2D eigenvalue weighted by molar-refractivity contribution is -0.0667. The average Bonchev–Trinajstić information content (AvgIpc) is 3.09. The van der Waals surface area contributed by atoms with Gasteiger partial charge in [0, 0.05) is 31.1 Å². The molecule has 0 saturated carbocycles. The predicted molar refractivity (Wildman–Crippen MR) is 112 cm³/mol. The standard InChI is InChI=1S/C18H26N6.HI/c1-17(2)11-23(18(17,3)4)16(19-5)21-10-14-6-8-15(9-7-14)24-13-20-12-22-24;/h6-9,12-13H,10-11H2,1-5H3,(H,19,21);1H. The minimum Gasteiger partial charge on any atom is -0.352 e. The number of hydrogen-bond donors (Lipinski definition) is 1. The predicted octanol–water partition coefficient (Wildman–Crippen LogP) is 3.08. The zero-order chi connectivity index (χ0) is 17.4. The van der Waals surface area contributed by atoms with E-state index >= 15 is 0 Å². The highest BCUT2D eigenvalue weighted by Gasteiger charge is 2.53. The largest absolute Gasteiger partial charge is 0.352 e. The van der Waals surface area contributed by atoms with Gasteiger partial charge in [0.05, 0.1) is 5.69 Å². The highest BCUT2D eigenvalue weighted by molar-refractivity contribution is 14.0. The van der Waals surface area contributed by atoms with Crippen LogP contribution in [-0.2, 0) is 6.54 Å². The van der Waals surface area contributed by atoms with Gasteiger partial charge in [0.1, 0.15) is 12.7 Å². The van der Waals surface area contributed by atoms with E-state index in [4.69, 9.17) is 0 Å². The van der Waals surface area contributed by atoms with Gasteiger partial charge in [-0.2, -0.15) is 5.10 Å². The van der Waals surface area contributed by atoms with Crippen molar-refractivity contribution < 1.29 is 0 Å². The van der Waals surface area contributed by atoms with Gasteiger partial charge in [-0.05, 0) is 31.5 Å². The summed E-state index contributed by atoms with van der Waals surface area (Å²) in [5.41, 5.74) is 2.61. The molecule has 1 saturated heterocycles. The molecule has 1 aliphatic rings. The third kappa shape index (κ3) is 3.65. The highest BCUT2D eigenvalue weighted by atomic mass is 127. The van der Waals surface area contributed by atoms with Crippen LogP contribution in [0, 0.1) is 5.41 Å². The van der Waals surface area contributed by atoms with E-state index in [2.05, 4.69) is 65.1 Å². The van der Waals surface area contributed by atoms with Crippen molar-refractivity contribution >= 4 is 29.9 Å². The Hall–Kier alpha value is -1.64. The van der Waals surface area contributed by atoms with E-state index < -0.39 is 0 Å². The Morgan fingerprint density at radius 2 is 1.88 bits per heavy atom. The maximum atomic E-state index is 4.45. The van der Waals surface area contributed by atoms with Gasteiger partial charge in [-0.25, -0.2) is 9.67 Å². The molecule has 0 bridgehead atoms. The van der Waals surface area contributed by atoms with Crippen molar-refractivity contribution in [2.45, 2.75) is 39.8 Å². The fourth-order valence-corrected chi connectivity index (χ4v) is 2.98. The van der Waals surface area contributed by atoms with Crippen LogP contribution < -0.4 is 5.32 Å². The molecule has 0 unspecified atom stereocenters. The second-order valence-corrected chi connectivity index (χ2v) is 7.44. The molecule has 136 valence electrons. The molecule has 0 spiro atoms. The van der Waals surface area contributed by atoms with Crippen LogP contribution in [0.2, 0.25) is 0 Å². The van der Waals surface area contributed by atoms with E-state index in [9.17, 15) is 0 Å². The molecule has 0 atom stereocenters. The number of rotatable bonds is 3. The second kappa shape index (κ2) is 7.31. The average molecular weight is 454 g/mol. The first-order valence-electron chi connectivity index (χ1n) is 8.27. The van der Waals surface area contributed by atoms with Crippen molar-refractivity contribution in [2.75, 3.05) is 13.6 Å². The number of likely N-dealkylation sites (tertiary alicyclic amines) is 1. The van der Waals surface area contributed by atoms with Gasteiger partial charge < -0.3 is 10.2 Å².